The molecule has 3 aromatic rings. The van der Waals surface area contributed by atoms with Gasteiger partial charge in [0.25, 0.3) is 0 Å². The average Bonchev–Trinajstić information content (AvgIpc) is 2.61. The van der Waals surface area contributed by atoms with E-state index in [1.807, 2.05) is 72.8 Å². The zero-order valence-corrected chi connectivity index (χ0v) is 12.8. The summed E-state index contributed by atoms with van der Waals surface area (Å²) in [4.78, 5) is 11.8. The van der Waals surface area contributed by atoms with E-state index in [-0.39, 0.29) is 12.4 Å². The molecule has 3 aromatic carbocycles. The fourth-order valence-corrected chi connectivity index (χ4v) is 2.38. The quantitative estimate of drug-likeness (QED) is 0.635. The normalized spacial score (nSPS) is 10.4. The highest BCUT2D eigenvalue weighted by molar-refractivity contribution is 5.88. The summed E-state index contributed by atoms with van der Waals surface area (Å²) in [6.07, 6.45) is 0.232. The highest BCUT2D eigenvalue weighted by Crippen LogP contribution is 2.25. The van der Waals surface area contributed by atoms with Crippen LogP contribution in [-0.2, 0) is 16.1 Å². The smallest absolute Gasteiger partial charge is 0.309 e. The molecule has 3 rings (SSSR count). The Bertz CT molecular complexity index is 776. The Labute approximate surface area is 135 Å². The molecule has 0 heterocycles. The van der Waals surface area contributed by atoms with Crippen LogP contribution in [0.1, 0.15) is 12.0 Å². The molecule has 0 aromatic heterocycles. The van der Waals surface area contributed by atoms with Crippen LogP contribution < -0.4 is 4.74 Å². The Morgan fingerprint density at radius 1 is 0.826 bits per heavy atom. The van der Waals surface area contributed by atoms with E-state index in [0.29, 0.717) is 13.2 Å². The Hall–Kier alpha value is -2.81. The van der Waals surface area contributed by atoms with Gasteiger partial charge in [-0.15, -0.1) is 0 Å². The number of esters is 1. The molecule has 3 nitrogen and oxygen atoms in total. The molecular weight excluding hydrogens is 288 g/mol. The first-order valence-electron chi connectivity index (χ1n) is 7.63. The Balaban J connectivity index is 1.50. The lowest BCUT2D eigenvalue weighted by atomic mass is 10.1. The van der Waals surface area contributed by atoms with Gasteiger partial charge in [0.15, 0.2) is 0 Å². The minimum Gasteiger partial charge on any atom is -0.492 e. The van der Waals surface area contributed by atoms with E-state index in [1.54, 1.807) is 0 Å². The molecule has 0 saturated carbocycles. The number of ether oxygens (including phenoxy) is 2. The molecule has 0 N–H and O–H groups in total. The largest absolute Gasteiger partial charge is 0.492 e. The first-order chi connectivity index (χ1) is 11.3. The van der Waals surface area contributed by atoms with Crippen molar-refractivity contribution < 1.29 is 14.3 Å². The van der Waals surface area contributed by atoms with Crippen LogP contribution in [0.4, 0.5) is 0 Å². The molecule has 0 radical (unpaired) electrons. The molecular formula is C20H18O3. The van der Waals surface area contributed by atoms with Crippen LogP contribution in [0.15, 0.2) is 72.8 Å². The van der Waals surface area contributed by atoms with Gasteiger partial charge in [0.2, 0.25) is 0 Å². The highest BCUT2D eigenvalue weighted by Gasteiger charge is 2.06. The lowest BCUT2D eigenvalue weighted by Gasteiger charge is -2.09. The number of hydrogen-bond donors (Lipinski definition) is 0. The maximum Gasteiger partial charge on any atom is 0.309 e. The third-order valence-corrected chi connectivity index (χ3v) is 3.56. The fourth-order valence-electron chi connectivity index (χ4n) is 2.38. The first-order valence-corrected chi connectivity index (χ1v) is 7.63. The standard InChI is InChI=1S/C20H18O3/c21-20(23-15-16-7-2-1-3-8-16)13-14-22-19-12-6-10-17-9-4-5-11-18(17)19/h1-12H,13-15H2. The first kappa shape index (κ1) is 15.1. The number of hydrogen-bond acceptors (Lipinski definition) is 3. The minimum atomic E-state index is -0.255. The molecule has 116 valence electrons. The van der Waals surface area contributed by atoms with Crippen LogP contribution in [0.25, 0.3) is 10.8 Å². The van der Waals surface area contributed by atoms with Gasteiger partial charge in [-0.2, -0.15) is 0 Å². The summed E-state index contributed by atoms with van der Waals surface area (Å²) in [6.45, 7) is 0.607. The third-order valence-electron chi connectivity index (χ3n) is 3.56. The summed E-state index contributed by atoms with van der Waals surface area (Å²) in [5, 5.41) is 2.17. The molecule has 0 aliphatic heterocycles. The molecule has 0 bridgehead atoms. The van der Waals surface area contributed by atoms with E-state index in [9.17, 15) is 4.79 Å². The predicted octanol–water partition coefficient (Wildman–Crippen LogP) is 4.35. The molecule has 0 amide bonds. The van der Waals surface area contributed by atoms with Gasteiger partial charge in [0.1, 0.15) is 12.4 Å². The van der Waals surface area contributed by atoms with Gasteiger partial charge < -0.3 is 9.47 Å². The molecule has 0 atom stereocenters. The van der Waals surface area contributed by atoms with Crippen molar-refractivity contribution in [3.05, 3.63) is 78.4 Å². The Kier molecular flexibility index (Phi) is 4.89. The van der Waals surface area contributed by atoms with Crippen LogP contribution in [0.2, 0.25) is 0 Å². The summed E-state index contributed by atoms with van der Waals surface area (Å²) in [6, 6.07) is 23.6. The molecule has 0 aliphatic carbocycles. The minimum absolute atomic E-state index is 0.232. The van der Waals surface area contributed by atoms with Crippen LogP contribution >= 0.6 is 0 Å². The average molecular weight is 306 g/mol. The molecule has 0 spiro atoms. The van der Waals surface area contributed by atoms with E-state index in [1.165, 1.54) is 0 Å². The van der Waals surface area contributed by atoms with Gasteiger partial charge in [0.05, 0.1) is 13.0 Å². The Morgan fingerprint density at radius 2 is 1.57 bits per heavy atom. The molecule has 0 saturated heterocycles. The predicted molar refractivity (Wildman–Crippen MR) is 90.3 cm³/mol. The van der Waals surface area contributed by atoms with Crippen LogP contribution in [0.3, 0.4) is 0 Å². The van der Waals surface area contributed by atoms with Crippen LogP contribution in [0.5, 0.6) is 5.75 Å². The second-order valence-corrected chi connectivity index (χ2v) is 5.22. The van der Waals surface area contributed by atoms with E-state index in [0.717, 1.165) is 22.1 Å². The van der Waals surface area contributed by atoms with Crippen molar-refractivity contribution in [1.29, 1.82) is 0 Å². The number of carbonyl (C=O) groups excluding carboxylic acids is 1. The number of carbonyl (C=O) groups is 1. The second kappa shape index (κ2) is 7.45. The fraction of sp³-hybridized carbons (Fsp3) is 0.150. The van der Waals surface area contributed by atoms with Gasteiger partial charge in [-0.05, 0) is 17.0 Å². The molecule has 0 unspecified atom stereocenters. The van der Waals surface area contributed by atoms with E-state index in [2.05, 4.69) is 0 Å². The third kappa shape index (κ3) is 4.10. The number of benzene rings is 3. The van der Waals surface area contributed by atoms with Crippen molar-refractivity contribution in [2.75, 3.05) is 6.61 Å². The van der Waals surface area contributed by atoms with E-state index >= 15 is 0 Å². The van der Waals surface area contributed by atoms with Crippen molar-refractivity contribution in [3.63, 3.8) is 0 Å². The maximum atomic E-state index is 11.8. The van der Waals surface area contributed by atoms with Gasteiger partial charge in [0, 0.05) is 5.39 Å². The van der Waals surface area contributed by atoms with E-state index < -0.39 is 0 Å². The second-order valence-electron chi connectivity index (χ2n) is 5.22. The monoisotopic (exact) mass is 306 g/mol. The van der Waals surface area contributed by atoms with Crippen molar-refractivity contribution in [1.82, 2.24) is 0 Å². The zero-order valence-electron chi connectivity index (χ0n) is 12.8. The van der Waals surface area contributed by atoms with Crippen LogP contribution in [0, 0.1) is 0 Å². The van der Waals surface area contributed by atoms with E-state index in [4.69, 9.17) is 9.47 Å². The van der Waals surface area contributed by atoms with Gasteiger partial charge in [-0.25, -0.2) is 0 Å². The molecule has 0 aliphatic rings. The van der Waals surface area contributed by atoms with Gasteiger partial charge >= 0.3 is 5.97 Å². The highest BCUT2D eigenvalue weighted by atomic mass is 16.5. The summed E-state index contributed by atoms with van der Waals surface area (Å²) >= 11 is 0. The van der Waals surface area contributed by atoms with Gasteiger partial charge in [-0.1, -0.05) is 66.7 Å². The lowest BCUT2D eigenvalue weighted by molar-refractivity contribution is -0.145. The van der Waals surface area contributed by atoms with Crippen molar-refractivity contribution in [2.24, 2.45) is 0 Å². The Morgan fingerprint density at radius 3 is 2.43 bits per heavy atom. The molecule has 3 heteroatoms. The van der Waals surface area contributed by atoms with Crippen molar-refractivity contribution in [2.45, 2.75) is 13.0 Å². The molecule has 0 fully saturated rings. The number of rotatable bonds is 6. The summed E-state index contributed by atoms with van der Waals surface area (Å²) in [5.74, 6) is 0.535. The van der Waals surface area contributed by atoms with Gasteiger partial charge in [-0.3, -0.25) is 4.79 Å². The van der Waals surface area contributed by atoms with Crippen molar-refractivity contribution >= 4 is 16.7 Å². The lowest BCUT2D eigenvalue weighted by Crippen LogP contribution is -2.10. The zero-order chi connectivity index (χ0) is 15.9. The summed E-state index contributed by atoms with van der Waals surface area (Å²) < 4.78 is 11.0. The number of fused-ring (bicyclic) bond motifs is 1. The van der Waals surface area contributed by atoms with Crippen LogP contribution in [-0.4, -0.2) is 12.6 Å². The topological polar surface area (TPSA) is 35.5 Å². The van der Waals surface area contributed by atoms with Crippen molar-refractivity contribution in [3.8, 4) is 5.75 Å². The summed E-state index contributed by atoms with van der Waals surface area (Å²) in [7, 11) is 0. The summed E-state index contributed by atoms with van der Waals surface area (Å²) in [5.41, 5.74) is 0.982. The molecule has 23 heavy (non-hydrogen) atoms. The SMILES string of the molecule is O=C(CCOc1cccc2ccccc12)OCc1ccccc1. The maximum absolute atomic E-state index is 11.8.